The summed E-state index contributed by atoms with van der Waals surface area (Å²) in [6, 6.07) is 0. The van der Waals surface area contributed by atoms with Gasteiger partial charge in [-0.3, -0.25) is 4.90 Å². The Bertz CT molecular complexity index is 277. The maximum absolute atomic E-state index is 4.14. The number of aromatic amines is 1. The van der Waals surface area contributed by atoms with E-state index in [1.165, 1.54) is 44.5 Å². The van der Waals surface area contributed by atoms with Gasteiger partial charge in [0.25, 0.3) is 0 Å². The van der Waals surface area contributed by atoms with E-state index in [2.05, 4.69) is 30.8 Å². The third-order valence-electron chi connectivity index (χ3n) is 2.69. The van der Waals surface area contributed by atoms with Crippen LogP contribution in [-0.4, -0.2) is 28.0 Å². The molecule has 0 amide bonds. The number of nitrogens with zero attached hydrogens (tertiary/aromatic N) is 2. The Labute approximate surface area is 93.0 Å². The fourth-order valence-corrected chi connectivity index (χ4v) is 2.30. The SMILES string of the molecule is Brc1ncc(CN2CCCCCC2)[nH]1. The molecule has 0 radical (unpaired) electrons. The first-order valence-electron chi connectivity index (χ1n) is 5.26. The average Bonchev–Trinajstić information content (AvgIpc) is 2.43. The highest BCUT2D eigenvalue weighted by molar-refractivity contribution is 9.10. The highest BCUT2D eigenvalue weighted by Crippen LogP contribution is 2.13. The normalized spacial score (nSPS) is 19.5. The van der Waals surface area contributed by atoms with Crippen LogP contribution in [0.15, 0.2) is 10.9 Å². The van der Waals surface area contributed by atoms with E-state index < -0.39 is 0 Å². The largest absolute Gasteiger partial charge is 0.335 e. The van der Waals surface area contributed by atoms with Crippen molar-refractivity contribution in [1.29, 1.82) is 0 Å². The number of nitrogens with one attached hydrogen (secondary N) is 1. The Morgan fingerprint density at radius 3 is 2.57 bits per heavy atom. The van der Waals surface area contributed by atoms with E-state index in [1.54, 1.807) is 0 Å². The van der Waals surface area contributed by atoms with E-state index in [-0.39, 0.29) is 0 Å². The van der Waals surface area contributed by atoms with Gasteiger partial charge >= 0.3 is 0 Å². The molecule has 1 saturated heterocycles. The lowest BCUT2D eigenvalue weighted by atomic mass is 10.2. The highest BCUT2D eigenvalue weighted by atomic mass is 79.9. The van der Waals surface area contributed by atoms with Gasteiger partial charge in [-0.15, -0.1) is 0 Å². The smallest absolute Gasteiger partial charge is 0.174 e. The third kappa shape index (κ3) is 2.82. The van der Waals surface area contributed by atoms with Crippen LogP contribution in [-0.2, 0) is 6.54 Å². The molecule has 78 valence electrons. The molecule has 0 saturated carbocycles. The predicted octanol–water partition coefficient (Wildman–Crippen LogP) is 2.55. The molecule has 0 bridgehead atoms. The molecule has 1 aromatic heterocycles. The van der Waals surface area contributed by atoms with Crippen LogP contribution in [0.3, 0.4) is 0 Å². The second-order valence-electron chi connectivity index (χ2n) is 3.89. The molecule has 1 aliphatic rings. The van der Waals surface area contributed by atoms with Crippen LogP contribution in [0.25, 0.3) is 0 Å². The van der Waals surface area contributed by atoms with Crippen molar-refractivity contribution in [1.82, 2.24) is 14.9 Å². The van der Waals surface area contributed by atoms with Crippen LogP contribution >= 0.6 is 15.9 Å². The minimum Gasteiger partial charge on any atom is -0.335 e. The Morgan fingerprint density at radius 1 is 1.29 bits per heavy atom. The monoisotopic (exact) mass is 257 g/mol. The van der Waals surface area contributed by atoms with E-state index in [4.69, 9.17) is 0 Å². The summed E-state index contributed by atoms with van der Waals surface area (Å²) in [5, 5.41) is 0. The van der Waals surface area contributed by atoms with Gasteiger partial charge in [0.05, 0.1) is 6.20 Å². The first kappa shape index (κ1) is 10.2. The Kier molecular flexibility index (Phi) is 3.59. The number of halogens is 1. The van der Waals surface area contributed by atoms with Crippen molar-refractivity contribution in [3.05, 3.63) is 16.6 Å². The van der Waals surface area contributed by atoms with E-state index in [0.717, 1.165) is 11.3 Å². The van der Waals surface area contributed by atoms with E-state index in [0.29, 0.717) is 0 Å². The van der Waals surface area contributed by atoms with Gasteiger partial charge in [-0.2, -0.15) is 0 Å². The molecule has 0 spiro atoms. The fraction of sp³-hybridized carbons (Fsp3) is 0.700. The second-order valence-corrected chi connectivity index (χ2v) is 4.64. The van der Waals surface area contributed by atoms with E-state index >= 15 is 0 Å². The number of aromatic nitrogens is 2. The van der Waals surface area contributed by atoms with Gasteiger partial charge in [-0.1, -0.05) is 12.8 Å². The van der Waals surface area contributed by atoms with Crippen LogP contribution in [0.2, 0.25) is 0 Å². The molecule has 1 N–H and O–H groups in total. The Balaban J connectivity index is 1.89. The van der Waals surface area contributed by atoms with E-state index in [9.17, 15) is 0 Å². The van der Waals surface area contributed by atoms with Crippen molar-refractivity contribution in [2.45, 2.75) is 32.2 Å². The molecule has 0 aromatic carbocycles. The van der Waals surface area contributed by atoms with Gasteiger partial charge in [0.15, 0.2) is 4.73 Å². The van der Waals surface area contributed by atoms with Crippen molar-refractivity contribution in [2.24, 2.45) is 0 Å². The van der Waals surface area contributed by atoms with Crippen molar-refractivity contribution in [3.63, 3.8) is 0 Å². The first-order chi connectivity index (χ1) is 6.84. The van der Waals surface area contributed by atoms with Crippen LogP contribution in [0.5, 0.6) is 0 Å². The minimum absolute atomic E-state index is 0.835. The van der Waals surface area contributed by atoms with Crippen molar-refractivity contribution >= 4 is 15.9 Å². The summed E-state index contributed by atoms with van der Waals surface area (Å²) in [6.07, 6.45) is 7.38. The van der Waals surface area contributed by atoms with Crippen LogP contribution in [0.1, 0.15) is 31.4 Å². The molecule has 4 heteroatoms. The molecule has 2 rings (SSSR count). The summed E-state index contributed by atoms with van der Waals surface area (Å²) in [7, 11) is 0. The van der Waals surface area contributed by atoms with Gasteiger partial charge in [0.2, 0.25) is 0 Å². The van der Waals surface area contributed by atoms with Crippen molar-refractivity contribution < 1.29 is 0 Å². The number of rotatable bonds is 2. The van der Waals surface area contributed by atoms with Gasteiger partial charge in [-0.05, 0) is 41.9 Å². The number of H-pyrrole nitrogens is 1. The maximum atomic E-state index is 4.14. The van der Waals surface area contributed by atoms with Gasteiger partial charge < -0.3 is 4.98 Å². The first-order valence-corrected chi connectivity index (χ1v) is 6.05. The highest BCUT2D eigenvalue weighted by Gasteiger charge is 2.10. The molecule has 0 aliphatic carbocycles. The lowest BCUT2D eigenvalue weighted by Gasteiger charge is -2.18. The molecule has 14 heavy (non-hydrogen) atoms. The molecule has 0 atom stereocenters. The topological polar surface area (TPSA) is 31.9 Å². The number of hydrogen-bond acceptors (Lipinski definition) is 2. The molecule has 1 aliphatic heterocycles. The maximum Gasteiger partial charge on any atom is 0.174 e. The minimum atomic E-state index is 0.835. The number of hydrogen-bond donors (Lipinski definition) is 1. The molecule has 1 aromatic rings. The van der Waals surface area contributed by atoms with Crippen molar-refractivity contribution in [3.8, 4) is 0 Å². The fourth-order valence-electron chi connectivity index (χ4n) is 1.95. The molecule has 1 fully saturated rings. The molecular formula is C10H16BrN3. The van der Waals surface area contributed by atoms with Crippen LogP contribution in [0.4, 0.5) is 0 Å². The Morgan fingerprint density at radius 2 is 2.00 bits per heavy atom. The summed E-state index contributed by atoms with van der Waals surface area (Å²) in [5.74, 6) is 0. The van der Waals surface area contributed by atoms with E-state index in [1.807, 2.05) is 6.20 Å². The summed E-state index contributed by atoms with van der Waals surface area (Å²) in [4.78, 5) is 9.85. The summed E-state index contributed by atoms with van der Waals surface area (Å²) < 4.78 is 0.835. The second kappa shape index (κ2) is 4.94. The van der Waals surface area contributed by atoms with Crippen molar-refractivity contribution in [2.75, 3.05) is 13.1 Å². The van der Waals surface area contributed by atoms with Crippen LogP contribution in [0, 0.1) is 0 Å². The predicted molar refractivity (Wildman–Crippen MR) is 60.0 cm³/mol. The zero-order valence-electron chi connectivity index (χ0n) is 8.30. The number of imidazole rings is 1. The molecular weight excluding hydrogens is 242 g/mol. The summed E-state index contributed by atoms with van der Waals surface area (Å²) >= 11 is 3.33. The lowest BCUT2D eigenvalue weighted by Crippen LogP contribution is -2.24. The lowest BCUT2D eigenvalue weighted by molar-refractivity contribution is 0.274. The summed E-state index contributed by atoms with van der Waals surface area (Å²) in [6.45, 7) is 3.48. The Hall–Kier alpha value is -0.350. The van der Waals surface area contributed by atoms with Crippen LogP contribution < -0.4 is 0 Å². The van der Waals surface area contributed by atoms with Gasteiger partial charge in [0.1, 0.15) is 0 Å². The number of likely N-dealkylation sites (tertiary alicyclic amines) is 1. The molecule has 0 unspecified atom stereocenters. The molecule has 2 heterocycles. The van der Waals surface area contributed by atoms with Gasteiger partial charge in [0, 0.05) is 12.2 Å². The third-order valence-corrected chi connectivity index (χ3v) is 3.09. The van der Waals surface area contributed by atoms with Gasteiger partial charge in [-0.25, -0.2) is 4.98 Å². The molecule has 3 nitrogen and oxygen atoms in total. The summed E-state index contributed by atoms with van der Waals surface area (Å²) in [5.41, 5.74) is 1.21. The average molecular weight is 258 g/mol. The zero-order valence-corrected chi connectivity index (χ0v) is 9.89. The standard InChI is InChI=1S/C10H16BrN3/c11-10-12-7-9(13-10)8-14-5-3-1-2-4-6-14/h7H,1-6,8H2,(H,12,13). The zero-order chi connectivity index (χ0) is 9.80. The quantitative estimate of drug-likeness (QED) is 0.884.